The van der Waals surface area contributed by atoms with Gasteiger partial charge in [0.15, 0.2) is 5.88 Å². The summed E-state index contributed by atoms with van der Waals surface area (Å²) in [5, 5.41) is 10.7. The van der Waals surface area contributed by atoms with Gasteiger partial charge >= 0.3 is 0 Å². The van der Waals surface area contributed by atoms with Crippen LogP contribution in [0.2, 0.25) is 0 Å². The van der Waals surface area contributed by atoms with Crippen molar-refractivity contribution < 1.29 is 9.90 Å². The third-order valence-electron chi connectivity index (χ3n) is 3.20. The first-order chi connectivity index (χ1) is 10.1. The van der Waals surface area contributed by atoms with E-state index in [-0.39, 0.29) is 5.88 Å². The van der Waals surface area contributed by atoms with Crippen LogP contribution >= 0.6 is 0 Å². The molecule has 5 nitrogen and oxygen atoms in total. The Kier molecular flexibility index (Phi) is 3.16. The number of primary amides is 1. The van der Waals surface area contributed by atoms with Crippen molar-refractivity contribution in [1.29, 1.82) is 0 Å². The number of benzene rings is 2. The minimum Gasteiger partial charge on any atom is -0.494 e. The van der Waals surface area contributed by atoms with E-state index in [1.165, 1.54) is 0 Å². The fraction of sp³-hybridized carbons (Fsp3) is 0. The number of fused-ring (bicyclic) bond motifs is 1. The van der Waals surface area contributed by atoms with Crippen LogP contribution in [0, 0.1) is 0 Å². The predicted molar refractivity (Wildman–Crippen MR) is 82.2 cm³/mol. The summed E-state index contributed by atoms with van der Waals surface area (Å²) in [5.74, 6) is -0.505. The number of aromatic hydroxyl groups is 1. The number of nitrogens with two attached hydrogens (primary N) is 1. The first-order valence-electron chi connectivity index (χ1n) is 6.39. The van der Waals surface area contributed by atoms with Crippen LogP contribution in [0.4, 0.5) is 5.69 Å². The molecule has 0 bridgehead atoms. The number of nitrogens with zero attached hydrogens (tertiary/aromatic N) is 1. The van der Waals surface area contributed by atoms with Crippen LogP contribution in [-0.4, -0.2) is 22.2 Å². The number of aromatic amines is 1. The summed E-state index contributed by atoms with van der Waals surface area (Å²) in [4.78, 5) is 18.4. The van der Waals surface area contributed by atoms with E-state index in [0.717, 1.165) is 5.69 Å². The summed E-state index contributed by atoms with van der Waals surface area (Å²) < 4.78 is 0. The molecule has 3 aromatic rings. The number of para-hydroxylation sites is 1. The SMILES string of the molecule is NC(=O)c1ccc2[nH]c(O)c(C=Nc3ccccc3)c2c1. The van der Waals surface area contributed by atoms with Gasteiger partial charge in [0, 0.05) is 22.7 Å². The van der Waals surface area contributed by atoms with Crippen LogP contribution in [0.3, 0.4) is 0 Å². The number of carbonyl (C=O) groups excluding carboxylic acids is 1. The number of hydrogen-bond donors (Lipinski definition) is 3. The van der Waals surface area contributed by atoms with E-state index in [1.807, 2.05) is 30.3 Å². The average molecular weight is 279 g/mol. The van der Waals surface area contributed by atoms with Gasteiger partial charge in [-0.1, -0.05) is 18.2 Å². The lowest BCUT2D eigenvalue weighted by Gasteiger charge is -1.97. The molecule has 0 aliphatic rings. The largest absolute Gasteiger partial charge is 0.494 e. The number of nitrogens with one attached hydrogen (secondary N) is 1. The van der Waals surface area contributed by atoms with Crippen LogP contribution in [0.15, 0.2) is 53.5 Å². The van der Waals surface area contributed by atoms with E-state index in [4.69, 9.17) is 5.73 Å². The van der Waals surface area contributed by atoms with Crippen LogP contribution in [0.1, 0.15) is 15.9 Å². The van der Waals surface area contributed by atoms with Crippen molar-refractivity contribution in [3.8, 4) is 5.88 Å². The molecule has 0 aliphatic carbocycles. The maximum absolute atomic E-state index is 11.3. The smallest absolute Gasteiger partial charge is 0.248 e. The molecule has 0 spiro atoms. The molecule has 4 N–H and O–H groups in total. The molecule has 2 aromatic carbocycles. The average Bonchev–Trinajstić information content (AvgIpc) is 2.80. The Hall–Kier alpha value is -3.08. The number of carbonyl (C=O) groups is 1. The molecule has 0 radical (unpaired) electrons. The molecule has 0 unspecified atom stereocenters. The summed E-state index contributed by atoms with van der Waals surface area (Å²) >= 11 is 0. The first-order valence-corrected chi connectivity index (χ1v) is 6.39. The molecule has 104 valence electrons. The Labute approximate surface area is 120 Å². The highest BCUT2D eigenvalue weighted by Gasteiger charge is 2.11. The quantitative estimate of drug-likeness (QED) is 0.643. The van der Waals surface area contributed by atoms with Crippen molar-refractivity contribution in [2.45, 2.75) is 0 Å². The molecular formula is C16H13N3O2. The number of aromatic nitrogens is 1. The summed E-state index contributed by atoms with van der Waals surface area (Å²) in [7, 11) is 0. The highest BCUT2D eigenvalue weighted by Crippen LogP contribution is 2.27. The molecule has 21 heavy (non-hydrogen) atoms. The van der Waals surface area contributed by atoms with Crippen molar-refractivity contribution in [3.63, 3.8) is 0 Å². The van der Waals surface area contributed by atoms with Crippen LogP contribution < -0.4 is 5.73 Å². The van der Waals surface area contributed by atoms with Crippen molar-refractivity contribution in [2.24, 2.45) is 10.7 Å². The number of H-pyrrole nitrogens is 1. The Morgan fingerprint density at radius 3 is 2.67 bits per heavy atom. The van der Waals surface area contributed by atoms with E-state index in [9.17, 15) is 9.90 Å². The van der Waals surface area contributed by atoms with Gasteiger partial charge in [-0.05, 0) is 30.3 Å². The number of hydrogen-bond acceptors (Lipinski definition) is 3. The normalized spacial score (nSPS) is 11.2. The third-order valence-corrected chi connectivity index (χ3v) is 3.20. The zero-order valence-electron chi connectivity index (χ0n) is 11.1. The monoisotopic (exact) mass is 279 g/mol. The van der Waals surface area contributed by atoms with Gasteiger partial charge in [-0.25, -0.2) is 0 Å². The Balaban J connectivity index is 2.09. The maximum Gasteiger partial charge on any atom is 0.248 e. The van der Waals surface area contributed by atoms with E-state index >= 15 is 0 Å². The molecule has 1 aromatic heterocycles. The zero-order valence-corrected chi connectivity index (χ0v) is 11.1. The first kappa shape index (κ1) is 12.9. The molecule has 0 aliphatic heterocycles. The Bertz CT molecular complexity index is 835. The highest BCUT2D eigenvalue weighted by atomic mass is 16.3. The summed E-state index contributed by atoms with van der Waals surface area (Å²) in [6.07, 6.45) is 1.56. The molecule has 0 saturated carbocycles. The lowest BCUT2D eigenvalue weighted by molar-refractivity contribution is 0.100. The topological polar surface area (TPSA) is 91.5 Å². The molecule has 1 amide bonds. The van der Waals surface area contributed by atoms with E-state index in [2.05, 4.69) is 9.98 Å². The highest BCUT2D eigenvalue weighted by molar-refractivity contribution is 6.05. The zero-order chi connectivity index (χ0) is 14.8. The molecule has 0 saturated heterocycles. The molecule has 5 heteroatoms. The third kappa shape index (κ3) is 2.49. The fourth-order valence-electron chi connectivity index (χ4n) is 2.14. The van der Waals surface area contributed by atoms with Crippen molar-refractivity contribution in [2.75, 3.05) is 0 Å². The molecule has 1 heterocycles. The van der Waals surface area contributed by atoms with Crippen LogP contribution in [0.25, 0.3) is 10.9 Å². The number of aliphatic imine (C=N–C) groups is 1. The molecule has 0 atom stereocenters. The second kappa shape index (κ2) is 5.13. The second-order valence-corrected chi connectivity index (χ2v) is 4.61. The Morgan fingerprint density at radius 2 is 1.95 bits per heavy atom. The van der Waals surface area contributed by atoms with Gasteiger partial charge in [-0.15, -0.1) is 0 Å². The minimum absolute atomic E-state index is 0.00583. The summed E-state index contributed by atoms with van der Waals surface area (Å²) in [6, 6.07) is 14.3. The van der Waals surface area contributed by atoms with Crippen molar-refractivity contribution in [1.82, 2.24) is 4.98 Å². The van der Waals surface area contributed by atoms with Gasteiger partial charge < -0.3 is 15.8 Å². The lowest BCUT2D eigenvalue weighted by atomic mass is 10.1. The molecule has 3 rings (SSSR count). The van der Waals surface area contributed by atoms with E-state index < -0.39 is 5.91 Å². The van der Waals surface area contributed by atoms with Crippen molar-refractivity contribution in [3.05, 3.63) is 59.7 Å². The standard InChI is InChI=1S/C16H13N3O2/c17-15(20)10-6-7-14-12(8-10)13(16(21)19-14)9-18-11-4-2-1-3-5-11/h1-9,19,21H,(H2,17,20). The van der Waals surface area contributed by atoms with Gasteiger partial charge in [0.1, 0.15) is 0 Å². The summed E-state index contributed by atoms with van der Waals surface area (Å²) in [6.45, 7) is 0. The predicted octanol–water partition coefficient (Wildman–Crippen LogP) is 2.72. The molecular weight excluding hydrogens is 266 g/mol. The van der Waals surface area contributed by atoms with Crippen LogP contribution in [-0.2, 0) is 0 Å². The van der Waals surface area contributed by atoms with Crippen molar-refractivity contribution >= 4 is 28.7 Å². The van der Waals surface area contributed by atoms with Gasteiger partial charge in [-0.2, -0.15) is 0 Å². The van der Waals surface area contributed by atoms with E-state index in [1.54, 1.807) is 24.4 Å². The van der Waals surface area contributed by atoms with E-state index in [0.29, 0.717) is 22.0 Å². The Morgan fingerprint density at radius 1 is 1.19 bits per heavy atom. The number of rotatable bonds is 3. The lowest BCUT2D eigenvalue weighted by Crippen LogP contribution is -2.10. The maximum atomic E-state index is 11.3. The summed E-state index contributed by atoms with van der Waals surface area (Å²) in [5.41, 5.74) is 7.68. The molecule has 0 fully saturated rings. The van der Waals surface area contributed by atoms with Gasteiger partial charge in [-0.3, -0.25) is 9.79 Å². The number of amides is 1. The van der Waals surface area contributed by atoms with Crippen LogP contribution in [0.5, 0.6) is 5.88 Å². The second-order valence-electron chi connectivity index (χ2n) is 4.61. The van der Waals surface area contributed by atoms with Gasteiger partial charge in [0.2, 0.25) is 5.91 Å². The van der Waals surface area contributed by atoms with Gasteiger partial charge in [0.25, 0.3) is 0 Å². The van der Waals surface area contributed by atoms with Gasteiger partial charge in [0.05, 0.1) is 11.3 Å². The minimum atomic E-state index is -0.511. The fourth-order valence-corrected chi connectivity index (χ4v) is 2.14.